The Hall–Kier alpha value is -2.69. The van der Waals surface area contributed by atoms with Crippen molar-refractivity contribution >= 4 is 27.3 Å². The van der Waals surface area contributed by atoms with Crippen LogP contribution in [0.2, 0.25) is 0 Å². The third-order valence-electron chi connectivity index (χ3n) is 5.16. The molecule has 8 nitrogen and oxygen atoms in total. The molecule has 3 heterocycles. The van der Waals surface area contributed by atoms with Gasteiger partial charge in [0.25, 0.3) is 0 Å². The number of sulfonamides is 1. The van der Waals surface area contributed by atoms with Crippen LogP contribution in [0.3, 0.4) is 0 Å². The summed E-state index contributed by atoms with van der Waals surface area (Å²) in [4.78, 5) is 18.7. The molecular formula is C21H23N3O5S2. The van der Waals surface area contributed by atoms with Crippen molar-refractivity contribution in [3.8, 4) is 16.5 Å². The van der Waals surface area contributed by atoms with Crippen molar-refractivity contribution in [3.05, 3.63) is 52.7 Å². The fraction of sp³-hybridized carbons (Fsp3) is 0.333. The molecule has 31 heavy (non-hydrogen) atoms. The summed E-state index contributed by atoms with van der Waals surface area (Å²) >= 11 is 1.42. The van der Waals surface area contributed by atoms with Gasteiger partial charge in [-0.1, -0.05) is 6.07 Å². The SMILES string of the molecule is Cc1ccc(O)c(S(=O)(=O)N2CCN(C(=O)Cc3csc(-c4ccc(C)o4)n3)CC2)c1. The zero-order chi connectivity index (χ0) is 22.2. The van der Waals surface area contributed by atoms with Gasteiger partial charge in [0.2, 0.25) is 15.9 Å². The van der Waals surface area contributed by atoms with Gasteiger partial charge in [-0.3, -0.25) is 4.79 Å². The minimum atomic E-state index is -3.82. The Bertz CT molecular complexity index is 1210. The van der Waals surface area contributed by atoms with Crippen molar-refractivity contribution in [3.63, 3.8) is 0 Å². The molecule has 1 amide bonds. The number of rotatable bonds is 5. The highest BCUT2D eigenvalue weighted by Gasteiger charge is 2.32. The summed E-state index contributed by atoms with van der Waals surface area (Å²) in [6.07, 6.45) is 0.154. The van der Waals surface area contributed by atoms with Gasteiger partial charge in [-0.05, 0) is 43.7 Å². The van der Waals surface area contributed by atoms with E-state index in [0.29, 0.717) is 24.5 Å². The number of benzene rings is 1. The number of nitrogens with zero attached hydrogens (tertiary/aromatic N) is 3. The van der Waals surface area contributed by atoms with Crippen LogP contribution in [0.4, 0.5) is 0 Å². The minimum absolute atomic E-state index is 0.0945. The number of aromatic nitrogens is 1. The Morgan fingerprint density at radius 1 is 1.16 bits per heavy atom. The summed E-state index contributed by atoms with van der Waals surface area (Å²) < 4.78 is 32.7. The number of carbonyl (C=O) groups excluding carboxylic acids is 1. The van der Waals surface area contributed by atoms with Crippen LogP contribution in [0.5, 0.6) is 5.75 Å². The van der Waals surface area contributed by atoms with Gasteiger partial charge in [-0.15, -0.1) is 11.3 Å². The van der Waals surface area contributed by atoms with E-state index in [1.807, 2.05) is 24.4 Å². The molecule has 1 saturated heterocycles. The smallest absolute Gasteiger partial charge is 0.246 e. The highest BCUT2D eigenvalue weighted by molar-refractivity contribution is 7.89. The molecule has 10 heteroatoms. The van der Waals surface area contributed by atoms with Crippen molar-refractivity contribution in [1.29, 1.82) is 0 Å². The van der Waals surface area contributed by atoms with E-state index in [1.54, 1.807) is 17.9 Å². The van der Waals surface area contributed by atoms with E-state index in [2.05, 4.69) is 4.98 Å². The van der Waals surface area contributed by atoms with Gasteiger partial charge in [0, 0.05) is 31.6 Å². The lowest BCUT2D eigenvalue weighted by atomic mass is 10.2. The van der Waals surface area contributed by atoms with Gasteiger partial charge >= 0.3 is 0 Å². The first-order valence-electron chi connectivity index (χ1n) is 9.83. The fourth-order valence-electron chi connectivity index (χ4n) is 3.46. The summed E-state index contributed by atoms with van der Waals surface area (Å²) in [5.41, 5.74) is 1.41. The first-order chi connectivity index (χ1) is 14.7. The third kappa shape index (κ3) is 4.51. The van der Waals surface area contributed by atoms with Crippen molar-refractivity contribution in [2.45, 2.75) is 25.2 Å². The Morgan fingerprint density at radius 2 is 1.90 bits per heavy atom. The van der Waals surface area contributed by atoms with Crippen LogP contribution in [-0.2, 0) is 21.2 Å². The molecule has 0 atom stereocenters. The maximum Gasteiger partial charge on any atom is 0.246 e. The van der Waals surface area contributed by atoms with Gasteiger partial charge in [0.1, 0.15) is 16.4 Å². The lowest BCUT2D eigenvalue weighted by molar-refractivity contribution is -0.131. The van der Waals surface area contributed by atoms with Gasteiger partial charge in [-0.2, -0.15) is 4.31 Å². The van der Waals surface area contributed by atoms with Gasteiger partial charge in [0.15, 0.2) is 10.8 Å². The highest BCUT2D eigenvalue weighted by atomic mass is 32.2. The topological polar surface area (TPSA) is 104 Å². The van der Waals surface area contributed by atoms with Gasteiger partial charge < -0.3 is 14.4 Å². The molecule has 1 aromatic carbocycles. The summed E-state index contributed by atoms with van der Waals surface area (Å²) in [6, 6.07) is 8.22. The molecule has 0 unspecified atom stereocenters. The molecule has 0 aliphatic carbocycles. The Balaban J connectivity index is 1.38. The molecular weight excluding hydrogens is 438 g/mol. The predicted molar refractivity (Wildman–Crippen MR) is 116 cm³/mol. The molecule has 0 saturated carbocycles. The Kier molecular flexibility index (Phi) is 5.87. The number of phenols is 1. The standard InChI is InChI=1S/C21H23N3O5S2/c1-14-3-5-17(25)19(11-14)31(27,28)24-9-7-23(8-10-24)20(26)12-16-13-30-21(22-16)18-6-4-15(2)29-18/h3-6,11,13,25H,7-10,12H2,1-2H3. The summed E-state index contributed by atoms with van der Waals surface area (Å²) in [5.74, 6) is 1.12. The largest absolute Gasteiger partial charge is 0.507 e. The first kappa shape index (κ1) is 21.5. The summed E-state index contributed by atoms with van der Waals surface area (Å²) in [6.45, 7) is 4.57. The highest BCUT2D eigenvalue weighted by Crippen LogP contribution is 2.28. The van der Waals surface area contributed by atoms with Crippen LogP contribution >= 0.6 is 11.3 Å². The number of amides is 1. The number of thiazole rings is 1. The molecule has 0 bridgehead atoms. The predicted octanol–water partition coefficient (Wildman–Crippen LogP) is 2.80. The molecule has 0 spiro atoms. The number of aryl methyl sites for hydroxylation is 2. The van der Waals surface area contributed by atoms with Crippen LogP contribution in [0.1, 0.15) is 17.0 Å². The van der Waals surface area contributed by atoms with E-state index in [4.69, 9.17) is 4.42 Å². The van der Waals surface area contributed by atoms with Gasteiger partial charge in [0.05, 0.1) is 12.1 Å². The number of furan rings is 1. The number of aromatic hydroxyl groups is 1. The Morgan fingerprint density at radius 3 is 2.58 bits per heavy atom. The number of phenolic OH excluding ortho intramolecular Hbond substituents is 1. The second-order valence-electron chi connectivity index (χ2n) is 7.49. The van der Waals surface area contributed by atoms with E-state index in [-0.39, 0.29) is 36.1 Å². The second-order valence-corrected chi connectivity index (χ2v) is 10.3. The van der Waals surface area contributed by atoms with Crippen LogP contribution in [0.15, 0.2) is 45.0 Å². The lowest BCUT2D eigenvalue weighted by Crippen LogP contribution is -2.50. The van der Waals surface area contributed by atoms with Crippen molar-refractivity contribution in [1.82, 2.24) is 14.2 Å². The fourth-order valence-corrected chi connectivity index (χ4v) is 5.83. The van der Waals surface area contributed by atoms with E-state index in [0.717, 1.165) is 16.3 Å². The molecule has 1 aliphatic heterocycles. The molecule has 1 aliphatic rings. The third-order valence-corrected chi connectivity index (χ3v) is 7.99. The van der Waals surface area contributed by atoms with Crippen molar-refractivity contribution < 1.29 is 22.7 Å². The van der Waals surface area contributed by atoms with Crippen LogP contribution in [-0.4, -0.2) is 59.8 Å². The van der Waals surface area contributed by atoms with Gasteiger partial charge in [-0.25, -0.2) is 13.4 Å². The number of hydrogen-bond donors (Lipinski definition) is 1. The van der Waals surface area contributed by atoms with Crippen LogP contribution < -0.4 is 0 Å². The summed E-state index contributed by atoms with van der Waals surface area (Å²) in [7, 11) is -3.82. The maximum atomic E-state index is 12.9. The maximum absolute atomic E-state index is 12.9. The number of hydrogen-bond acceptors (Lipinski definition) is 7. The van der Waals surface area contributed by atoms with E-state index >= 15 is 0 Å². The first-order valence-corrected chi connectivity index (χ1v) is 12.1. The minimum Gasteiger partial charge on any atom is -0.507 e. The van der Waals surface area contributed by atoms with Crippen molar-refractivity contribution in [2.24, 2.45) is 0 Å². The monoisotopic (exact) mass is 461 g/mol. The molecule has 1 N–H and O–H groups in total. The molecule has 4 rings (SSSR count). The van der Waals surface area contributed by atoms with E-state index < -0.39 is 10.0 Å². The molecule has 1 fully saturated rings. The average molecular weight is 462 g/mol. The number of piperazine rings is 1. The van der Waals surface area contributed by atoms with Crippen LogP contribution in [0, 0.1) is 13.8 Å². The Labute approximate surface area is 184 Å². The average Bonchev–Trinajstić information content (AvgIpc) is 3.38. The normalized spacial score (nSPS) is 15.4. The van der Waals surface area contributed by atoms with Crippen LogP contribution in [0.25, 0.3) is 10.8 Å². The molecule has 164 valence electrons. The quantitative estimate of drug-likeness (QED) is 0.627. The van der Waals surface area contributed by atoms with E-state index in [1.165, 1.54) is 27.8 Å². The van der Waals surface area contributed by atoms with E-state index in [9.17, 15) is 18.3 Å². The zero-order valence-electron chi connectivity index (χ0n) is 17.2. The molecule has 0 radical (unpaired) electrons. The zero-order valence-corrected chi connectivity index (χ0v) is 18.9. The summed E-state index contributed by atoms with van der Waals surface area (Å²) in [5, 5.41) is 12.6. The number of carbonyl (C=O) groups is 1. The van der Waals surface area contributed by atoms with Crippen molar-refractivity contribution in [2.75, 3.05) is 26.2 Å². The second kappa shape index (κ2) is 8.45. The molecule has 2 aromatic heterocycles. The lowest BCUT2D eigenvalue weighted by Gasteiger charge is -2.34. The molecule has 3 aromatic rings.